The van der Waals surface area contributed by atoms with Crippen molar-refractivity contribution in [3.05, 3.63) is 12.2 Å². The molecule has 158 valence electrons. The van der Waals surface area contributed by atoms with Gasteiger partial charge in [0.15, 0.2) is 0 Å². The Hall–Kier alpha value is -0.910. The Balaban J connectivity index is 1.42. The number of fused-ring (bicyclic) bond motifs is 4. The SMILES string of the molecule is C=C1[C@H]2CC[C@]3([C@@H](C2)[C@@]24CCC[C@@]5(C)[C@H]2C[C@H]3O[C@@H]4N2CCO[C@@H]25)[C@H]1OC(C)=O. The number of carbonyl (C=O) groups is 1. The Kier molecular flexibility index (Phi) is 3.23. The third kappa shape index (κ3) is 1.74. The molecule has 29 heavy (non-hydrogen) atoms. The van der Waals surface area contributed by atoms with Crippen molar-refractivity contribution in [1.29, 1.82) is 0 Å². The summed E-state index contributed by atoms with van der Waals surface area (Å²) >= 11 is 0. The maximum atomic E-state index is 12.1. The highest BCUT2D eigenvalue weighted by Crippen LogP contribution is 2.79. The molecule has 0 amide bonds. The van der Waals surface area contributed by atoms with Crippen LogP contribution >= 0.6 is 0 Å². The predicted octanol–water partition coefficient (Wildman–Crippen LogP) is 3.48. The van der Waals surface area contributed by atoms with Crippen LogP contribution in [-0.4, -0.2) is 48.7 Å². The van der Waals surface area contributed by atoms with E-state index in [1.165, 1.54) is 37.7 Å². The van der Waals surface area contributed by atoms with Gasteiger partial charge in [-0.2, -0.15) is 0 Å². The van der Waals surface area contributed by atoms with Crippen LogP contribution in [0, 0.1) is 34.0 Å². The zero-order valence-corrected chi connectivity index (χ0v) is 17.7. The van der Waals surface area contributed by atoms with E-state index in [2.05, 4.69) is 18.4 Å². The second-order valence-corrected chi connectivity index (χ2v) is 11.4. The molecule has 7 bridgehead atoms. The van der Waals surface area contributed by atoms with E-state index < -0.39 is 0 Å². The zero-order chi connectivity index (χ0) is 19.8. The van der Waals surface area contributed by atoms with Gasteiger partial charge in [-0.05, 0) is 61.9 Å². The molecule has 5 saturated carbocycles. The molecule has 9 aliphatic rings. The van der Waals surface area contributed by atoms with Gasteiger partial charge in [-0.1, -0.05) is 19.9 Å². The van der Waals surface area contributed by atoms with Crippen LogP contribution in [0.25, 0.3) is 0 Å². The molecule has 5 nitrogen and oxygen atoms in total. The van der Waals surface area contributed by atoms with E-state index in [0.717, 1.165) is 26.0 Å². The first-order valence-corrected chi connectivity index (χ1v) is 11.8. The van der Waals surface area contributed by atoms with E-state index in [-0.39, 0.29) is 46.9 Å². The van der Waals surface area contributed by atoms with E-state index in [1.54, 1.807) is 6.92 Å². The molecule has 10 atom stereocenters. The monoisotopic (exact) mass is 399 g/mol. The van der Waals surface area contributed by atoms with Crippen LogP contribution < -0.4 is 0 Å². The van der Waals surface area contributed by atoms with Crippen LogP contribution in [0.5, 0.6) is 0 Å². The Morgan fingerprint density at radius 1 is 1.17 bits per heavy atom. The van der Waals surface area contributed by atoms with Crippen molar-refractivity contribution in [2.45, 2.75) is 83.5 Å². The van der Waals surface area contributed by atoms with E-state index >= 15 is 0 Å². The van der Waals surface area contributed by atoms with Crippen LogP contribution in [-0.2, 0) is 19.0 Å². The van der Waals surface area contributed by atoms with Gasteiger partial charge in [0.25, 0.3) is 0 Å². The minimum atomic E-state index is -0.169. The van der Waals surface area contributed by atoms with Crippen molar-refractivity contribution < 1.29 is 19.0 Å². The zero-order valence-electron chi connectivity index (χ0n) is 17.7. The van der Waals surface area contributed by atoms with Crippen LogP contribution in [0.2, 0.25) is 0 Å². The summed E-state index contributed by atoms with van der Waals surface area (Å²) in [4.78, 5) is 14.7. The highest BCUT2D eigenvalue weighted by molar-refractivity contribution is 5.67. The number of hydrogen-bond donors (Lipinski definition) is 0. The number of hydrogen-bond acceptors (Lipinski definition) is 5. The van der Waals surface area contributed by atoms with Crippen molar-refractivity contribution in [3.8, 4) is 0 Å². The molecule has 4 saturated heterocycles. The predicted molar refractivity (Wildman–Crippen MR) is 106 cm³/mol. The summed E-state index contributed by atoms with van der Waals surface area (Å²) in [6.07, 6.45) is 8.86. The molecule has 9 rings (SSSR count). The lowest BCUT2D eigenvalue weighted by Crippen LogP contribution is -2.83. The second-order valence-electron chi connectivity index (χ2n) is 11.4. The average Bonchev–Trinajstić information content (AvgIpc) is 3.19. The standard InChI is InChI=1S/C24H33NO4/c1-13-15-5-8-24(19(13)28-14(2)26)17(11-15)23-7-4-6-22(3)16(23)12-18(24)29-21(23)25-9-10-27-20(22)25/h15-21H,1,4-12H2,2-3H3/t15-,16+,17-,18+,19-,20+,21-,22-,23+,24+/m0/s1. The second kappa shape index (κ2) is 5.28. The Bertz CT molecular complexity index is 813. The van der Waals surface area contributed by atoms with Crippen LogP contribution in [0.3, 0.4) is 0 Å². The van der Waals surface area contributed by atoms with Gasteiger partial charge in [-0.3, -0.25) is 4.79 Å². The molecule has 9 fully saturated rings. The van der Waals surface area contributed by atoms with Crippen LogP contribution in [0.4, 0.5) is 0 Å². The first-order valence-electron chi connectivity index (χ1n) is 11.8. The van der Waals surface area contributed by atoms with E-state index in [9.17, 15) is 4.79 Å². The first kappa shape index (κ1) is 17.7. The van der Waals surface area contributed by atoms with E-state index in [1.807, 2.05) is 0 Å². The normalized spacial score (nSPS) is 59.4. The van der Waals surface area contributed by atoms with Crippen molar-refractivity contribution in [1.82, 2.24) is 4.90 Å². The number of rotatable bonds is 1. The van der Waals surface area contributed by atoms with Gasteiger partial charge < -0.3 is 14.2 Å². The quantitative estimate of drug-likeness (QED) is 0.499. The number of nitrogens with zero attached hydrogens (tertiary/aromatic N) is 1. The number of ether oxygens (including phenoxy) is 3. The molecule has 4 heterocycles. The summed E-state index contributed by atoms with van der Waals surface area (Å²) in [6, 6.07) is 0. The molecular formula is C24H33NO4. The molecule has 4 aliphatic heterocycles. The molecule has 0 radical (unpaired) electrons. The molecule has 0 aromatic rings. The summed E-state index contributed by atoms with van der Waals surface area (Å²) in [7, 11) is 0. The van der Waals surface area contributed by atoms with E-state index in [4.69, 9.17) is 14.2 Å². The van der Waals surface area contributed by atoms with Gasteiger partial charge in [0, 0.05) is 29.7 Å². The highest BCUT2D eigenvalue weighted by atomic mass is 16.6. The van der Waals surface area contributed by atoms with Gasteiger partial charge in [-0.25, -0.2) is 4.90 Å². The van der Waals surface area contributed by atoms with Crippen molar-refractivity contribution in [2.24, 2.45) is 34.0 Å². The molecule has 5 aliphatic carbocycles. The minimum absolute atomic E-state index is 0.0594. The Morgan fingerprint density at radius 2 is 2.03 bits per heavy atom. The minimum Gasteiger partial charge on any atom is -0.457 e. The molecule has 0 aromatic heterocycles. The average molecular weight is 400 g/mol. The molecule has 0 aromatic carbocycles. The fourth-order valence-corrected chi connectivity index (χ4v) is 10.0. The van der Waals surface area contributed by atoms with Crippen molar-refractivity contribution in [3.63, 3.8) is 0 Å². The molecule has 5 heteroatoms. The summed E-state index contributed by atoms with van der Waals surface area (Å²) in [5.74, 6) is 1.57. The summed E-state index contributed by atoms with van der Waals surface area (Å²) in [5, 5.41) is 0. The maximum absolute atomic E-state index is 12.1. The number of carbonyl (C=O) groups excluding carboxylic acids is 1. The van der Waals surface area contributed by atoms with Crippen molar-refractivity contribution in [2.75, 3.05) is 13.2 Å². The van der Waals surface area contributed by atoms with Gasteiger partial charge >= 0.3 is 5.97 Å². The Labute approximate surface area is 173 Å². The third-order valence-corrected chi connectivity index (χ3v) is 10.7. The summed E-state index contributed by atoms with van der Waals surface area (Å²) in [6.45, 7) is 10.3. The summed E-state index contributed by atoms with van der Waals surface area (Å²) in [5.41, 5.74) is 1.51. The maximum Gasteiger partial charge on any atom is 0.303 e. The fraction of sp³-hybridized carbons (Fsp3) is 0.875. The van der Waals surface area contributed by atoms with Crippen LogP contribution in [0.15, 0.2) is 12.2 Å². The van der Waals surface area contributed by atoms with Crippen LogP contribution in [0.1, 0.15) is 58.8 Å². The Morgan fingerprint density at radius 3 is 2.86 bits per heavy atom. The molecule has 2 spiro atoms. The smallest absolute Gasteiger partial charge is 0.303 e. The molecule has 0 unspecified atom stereocenters. The highest BCUT2D eigenvalue weighted by Gasteiger charge is 2.81. The molecule has 0 N–H and O–H groups in total. The topological polar surface area (TPSA) is 48.0 Å². The lowest BCUT2D eigenvalue weighted by atomic mass is 9.32. The lowest BCUT2D eigenvalue weighted by Gasteiger charge is -2.80. The van der Waals surface area contributed by atoms with Gasteiger partial charge in [0.1, 0.15) is 18.6 Å². The summed E-state index contributed by atoms with van der Waals surface area (Å²) < 4.78 is 19.5. The lowest BCUT2D eigenvalue weighted by molar-refractivity contribution is -0.422. The largest absolute Gasteiger partial charge is 0.457 e. The number of piperidine rings is 1. The van der Waals surface area contributed by atoms with Gasteiger partial charge in [0.2, 0.25) is 0 Å². The first-order chi connectivity index (χ1) is 13.9. The van der Waals surface area contributed by atoms with Gasteiger partial charge in [-0.15, -0.1) is 0 Å². The fourth-order valence-electron chi connectivity index (χ4n) is 10.0. The van der Waals surface area contributed by atoms with Crippen molar-refractivity contribution >= 4 is 5.97 Å². The van der Waals surface area contributed by atoms with Gasteiger partial charge in [0.05, 0.1) is 12.7 Å². The number of esters is 1. The molecular weight excluding hydrogens is 366 g/mol. The van der Waals surface area contributed by atoms with E-state index in [0.29, 0.717) is 17.8 Å². The third-order valence-electron chi connectivity index (χ3n) is 10.7.